The summed E-state index contributed by atoms with van der Waals surface area (Å²) >= 11 is 0. The summed E-state index contributed by atoms with van der Waals surface area (Å²) in [5, 5.41) is 27.2. The molecule has 0 bridgehead atoms. The van der Waals surface area contributed by atoms with Gasteiger partial charge in [-0.15, -0.1) is 0 Å². The molecular formula is C56H36O4. The van der Waals surface area contributed by atoms with Crippen molar-refractivity contribution >= 4 is 32.3 Å². The molecule has 0 spiro atoms. The van der Waals surface area contributed by atoms with Crippen molar-refractivity contribution in [1.82, 2.24) is 0 Å². The lowest BCUT2D eigenvalue weighted by atomic mass is 9.75. The topological polar surface area (TPSA) is 58.9 Å². The van der Waals surface area contributed by atoms with E-state index in [0.717, 1.165) is 99.8 Å². The van der Waals surface area contributed by atoms with Crippen molar-refractivity contribution in [3.63, 3.8) is 0 Å². The molecule has 0 aliphatic carbocycles. The number of benzene rings is 10. The smallest absolute Gasteiger partial charge is 0.132 e. The minimum atomic E-state index is -0.187. The second-order valence-electron chi connectivity index (χ2n) is 15.9. The zero-order valence-corrected chi connectivity index (χ0v) is 32.3. The summed E-state index contributed by atoms with van der Waals surface area (Å²) < 4.78 is 13.8. The second-order valence-corrected chi connectivity index (χ2v) is 15.9. The van der Waals surface area contributed by atoms with Gasteiger partial charge in [-0.25, -0.2) is 0 Å². The molecule has 2 N–H and O–H groups in total. The summed E-state index contributed by atoms with van der Waals surface area (Å²) in [6.45, 7) is 0. The Hall–Kier alpha value is -7.82. The lowest BCUT2D eigenvalue weighted by Crippen LogP contribution is -2.15. The Morgan fingerprint density at radius 1 is 0.300 bits per heavy atom. The van der Waals surface area contributed by atoms with E-state index in [0.29, 0.717) is 0 Å². The fraction of sp³-hybridized carbons (Fsp3) is 0.0357. The normalized spacial score (nSPS) is 15.1. The molecule has 2 heterocycles. The van der Waals surface area contributed by atoms with Crippen molar-refractivity contribution in [2.75, 3.05) is 0 Å². The van der Waals surface area contributed by atoms with Crippen LogP contribution >= 0.6 is 0 Å². The molecule has 2 atom stereocenters. The van der Waals surface area contributed by atoms with Gasteiger partial charge in [0, 0.05) is 34.1 Å². The number of aromatic hydroxyl groups is 2. The average molecular weight is 773 g/mol. The SMILES string of the molecule is Oc1ccc2c3c(ccc2c1)Oc1ccc2c4c(ccc2c1C3c1ccc(-c2ccccc2)cc1)Oc1ccc2cc(O)ccc2c1C4c1ccc(-c2ccccc2)cc1. The lowest BCUT2D eigenvalue weighted by Gasteiger charge is -2.34. The average Bonchev–Trinajstić information content (AvgIpc) is 3.30. The second kappa shape index (κ2) is 13.4. The Kier molecular flexibility index (Phi) is 7.63. The van der Waals surface area contributed by atoms with Gasteiger partial charge in [0.15, 0.2) is 0 Å². The summed E-state index contributed by atoms with van der Waals surface area (Å²) in [5.41, 5.74) is 11.2. The summed E-state index contributed by atoms with van der Waals surface area (Å²) in [7, 11) is 0. The number of phenolic OH excluding ortho intramolecular Hbond substituents is 2. The molecule has 0 fully saturated rings. The first-order chi connectivity index (χ1) is 29.6. The Balaban J connectivity index is 1.11. The van der Waals surface area contributed by atoms with Crippen LogP contribution in [-0.2, 0) is 0 Å². The molecule has 0 radical (unpaired) electrons. The molecule has 2 unspecified atom stereocenters. The van der Waals surface area contributed by atoms with Crippen molar-refractivity contribution in [3.8, 4) is 56.8 Å². The van der Waals surface area contributed by atoms with Crippen LogP contribution in [0.2, 0.25) is 0 Å². The molecule has 60 heavy (non-hydrogen) atoms. The maximum Gasteiger partial charge on any atom is 0.132 e. The molecule has 0 aromatic heterocycles. The van der Waals surface area contributed by atoms with Gasteiger partial charge in [0.25, 0.3) is 0 Å². The zero-order chi connectivity index (χ0) is 39.9. The van der Waals surface area contributed by atoms with Crippen LogP contribution in [0.4, 0.5) is 0 Å². The summed E-state index contributed by atoms with van der Waals surface area (Å²) in [4.78, 5) is 0. The van der Waals surface area contributed by atoms with E-state index >= 15 is 0 Å². The first-order valence-corrected chi connectivity index (χ1v) is 20.3. The highest BCUT2D eigenvalue weighted by molar-refractivity contribution is 6.00. The van der Waals surface area contributed by atoms with Crippen LogP contribution in [0.5, 0.6) is 34.5 Å². The van der Waals surface area contributed by atoms with Crippen LogP contribution in [0.25, 0.3) is 54.6 Å². The predicted octanol–water partition coefficient (Wildman–Crippen LogP) is 14.5. The Labute approximate surface area is 346 Å². The van der Waals surface area contributed by atoms with Gasteiger partial charge >= 0.3 is 0 Å². The Morgan fingerprint density at radius 2 is 0.633 bits per heavy atom. The van der Waals surface area contributed by atoms with Gasteiger partial charge in [-0.1, -0.05) is 146 Å². The molecule has 0 amide bonds. The van der Waals surface area contributed by atoms with E-state index in [1.165, 1.54) is 11.1 Å². The Morgan fingerprint density at radius 3 is 1.03 bits per heavy atom. The van der Waals surface area contributed by atoms with Crippen molar-refractivity contribution in [2.24, 2.45) is 0 Å². The fourth-order valence-corrected chi connectivity index (χ4v) is 9.79. The molecule has 284 valence electrons. The van der Waals surface area contributed by atoms with E-state index in [-0.39, 0.29) is 23.3 Å². The van der Waals surface area contributed by atoms with E-state index in [2.05, 4.69) is 121 Å². The highest BCUT2D eigenvalue weighted by Crippen LogP contribution is 2.57. The third kappa shape index (κ3) is 5.38. The molecule has 10 aromatic carbocycles. The fourth-order valence-electron chi connectivity index (χ4n) is 9.79. The van der Waals surface area contributed by atoms with E-state index in [1.54, 1.807) is 12.1 Å². The van der Waals surface area contributed by atoms with Gasteiger partial charge in [0.2, 0.25) is 0 Å². The Bertz CT molecular complexity index is 3090. The minimum absolute atomic E-state index is 0.187. The standard InChI is InChI=1S/C56H36O4/c57-41-21-23-43-39(31-41)19-27-47-53(43)51(37-15-11-35(12-16-37)33-7-3-1-4-8-33)55-45-25-30-50-56(46(45)26-29-49(55)59-47)52(38-17-13-36(14-18-38)34-9-5-2-6-10-34)54-44-24-22-42(58)32-40(44)20-28-48(54)60-50/h1-32,51-52,57-58H. The number of fused-ring (bicyclic) bond motifs is 11. The van der Waals surface area contributed by atoms with E-state index in [9.17, 15) is 10.2 Å². The van der Waals surface area contributed by atoms with Crippen LogP contribution in [0.3, 0.4) is 0 Å². The van der Waals surface area contributed by atoms with Crippen molar-refractivity contribution < 1.29 is 19.7 Å². The van der Waals surface area contributed by atoms with Crippen LogP contribution in [0.1, 0.15) is 45.2 Å². The van der Waals surface area contributed by atoms with Gasteiger partial charge in [-0.2, -0.15) is 0 Å². The van der Waals surface area contributed by atoms with Crippen LogP contribution in [0, 0.1) is 0 Å². The molecule has 2 aliphatic rings. The summed E-state index contributed by atoms with van der Waals surface area (Å²) in [5.74, 6) is 3.31. The number of hydrogen-bond acceptors (Lipinski definition) is 4. The molecule has 0 saturated heterocycles. The maximum absolute atomic E-state index is 10.6. The first-order valence-electron chi connectivity index (χ1n) is 20.3. The summed E-state index contributed by atoms with van der Waals surface area (Å²) in [6.07, 6.45) is 0. The third-order valence-corrected chi connectivity index (χ3v) is 12.5. The van der Waals surface area contributed by atoms with Crippen LogP contribution in [-0.4, -0.2) is 10.2 Å². The molecule has 12 rings (SSSR count). The van der Waals surface area contributed by atoms with Gasteiger partial charge in [0.1, 0.15) is 34.5 Å². The molecular weight excluding hydrogens is 737 g/mol. The van der Waals surface area contributed by atoms with E-state index in [1.807, 2.05) is 60.7 Å². The number of hydrogen-bond donors (Lipinski definition) is 2. The number of ether oxygens (including phenoxy) is 2. The van der Waals surface area contributed by atoms with Crippen LogP contribution in [0.15, 0.2) is 194 Å². The molecule has 2 aliphatic heterocycles. The lowest BCUT2D eigenvalue weighted by molar-refractivity contribution is 0.453. The van der Waals surface area contributed by atoms with Gasteiger partial charge < -0.3 is 19.7 Å². The largest absolute Gasteiger partial charge is 0.508 e. The maximum atomic E-state index is 10.6. The van der Waals surface area contributed by atoms with Gasteiger partial charge in [0.05, 0.1) is 0 Å². The third-order valence-electron chi connectivity index (χ3n) is 12.5. The van der Waals surface area contributed by atoms with Gasteiger partial charge in [-0.05, 0) is 114 Å². The summed E-state index contributed by atoms with van der Waals surface area (Å²) in [6, 6.07) is 66.8. The number of rotatable bonds is 4. The number of phenols is 2. The minimum Gasteiger partial charge on any atom is -0.508 e. The molecule has 10 aromatic rings. The van der Waals surface area contributed by atoms with Crippen molar-refractivity contribution in [3.05, 3.63) is 228 Å². The van der Waals surface area contributed by atoms with Crippen molar-refractivity contribution in [2.45, 2.75) is 11.8 Å². The molecule has 4 nitrogen and oxygen atoms in total. The quantitative estimate of drug-likeness (QED) is 0.187. The van der Waals surface area contributed by atoms with E-state index < -0.39 is 0 Å². The highest BCUT2D eigenvalue weighted by Gasteiger charge is 2.36. The van der Waals surface area contributed by atoms with E-state index in [4.69, 9.17) is 9.47 Å². The predicted molar refractivity (Wildman–Crippen MR) is 241 cm³/mol. The van der Waals surface area contributed by atoms with Crippen LogP contribution < -0.4 is 9.47 Å². The zero-order valence-electron chi connectivity index (χ0n) is 32.3. The molecule has 4 heteroatoms. The highest BCUT2D eigenvalue weighted by atomic mass is 16.5. The van der Waals surface area contributed by atoms with Crippen molar-refractivity contribution in [1.29, 1.82) is 0 Å². The first kappa shape index (κ1) is 34.2. The monoisotopic (exact) mass is 772 g/mol. The van der Waals surface area contributed by atoms with Gasteiger partial charge in [-0.3, -0.25) is 0 Å². The molecule has 0 saturated carbocycles.